The minimum absolute atomic E-state index is 0.145. The highest BCUT2D eigenvalue weighted by Gasteiger charge is 2.56. The van der Waals surface area contributed by atoms with Crippen molar-refractivity contribution in [2.75, 3.05) is 29.9 Å². The summed E-state index contributed by atoms with van der Waals surface area (Å²) in [7, 11) is 0. The smallest absolute Gasteiger partial charge is 0.240 e. The number of rotatable bonds is 8. The zero-order chi connectivity index (χ0) is 17.7. The van der Waals surface area contributed by atoms with Crippen molar-refractivity contribution in [3.05, 3.63) is 24.3 Å². The molecule has 1 aliphatic carbocycles. The molecule has 132 valence electrons. The zero-order valence-electron chi connectivity index (χ0n) is 15.2. The first kappa shape index (κ1) is 18.3. The number of carbonyl (C=O) groups excluding carboxylic acids is 2. The fourth-order valence-electron chi connectivity index (χ4n) is 2.74. The molecule has 1 aromatic carbocycles. The molecule has 0 spiro atoms. The number of amides is 2. The maximum atomic E-state index is 12.5. The summed E-state index contributed by atoms with van der Waals surface area (Å²) >= 11 is 0. The molecule has 0 heterocycles. The third kappa shape index (κ3) is 4.08. The van der Waals surface area contributed by atoms with Crippen LogP contribution in [0.25, 0.3) is 0 Å². The molecule has 0 aromatic heterocycles. The number of nitrogens with zero attached hydrogens (tertiary/aromatic N) is 1. The maximum Gasteiger partial charge on any atom is 0.240 e. The monoisotopic (exact) mass is 331 g/mol. The lowest BCUT2D eigenvalue weighted by Gasteiger charge is -2.21. The number of carbonyl (C=O) groups is 2. The lowest BCUT2D eigenvalue weighted by molar-refractivity contribution is -0.134. The van der Waals surface area contributed by atoms with Crippen molar-refractivity contribution in [1.29, 1.82) is 0 Å². The summed E-state index contributed by atoms with van der Waals surface area (Å²) in [5.74, 6) is 0.0354. The molecule has 1 aromatic rings. The molecule has 0 aliphatic heterocycles. The van der Waals surface area contributed by atoms with Gasteiger partial charge in [-0.25, -0.2) is 0 Å². The fourth-order valence-corrected chi connectivity index (χ4v) is 2.74. The largest absolute Gasteiger partial charge is 0.372 e. The van der Waals surface area contributed by atoms with Crippen LogP contribution in [0.3, 0.4) is 0 Å². The van der Waals surface area contributed by atoms with Crippen LogP contribution in [0.1, 0.15) is 40.5 Å². The third-order valence-corrected chi connectivity index (χ3v) is 4.54. The van der Waals surface area contributed by atoms with E-state index in [0.29, 0.717) is 25.3 Å². The number of hydrogen-bond acceptors (Lipinski definition) is 3. The summed E-state index contributed by atoms with van der Waals surface area (Å²) in [6, 6.07) is 7.79. The Morgan fingerprint density at radius 2 is 1.67 bits per heavy atom. The van der Waals surface area contributed by atoms with Gasteiger partial charge in [-0.3, -0.25) is 9.59 Å². The molecule has 2 N–H and O–H groups in total. The molecule has 24 heavy (non-hydrogen) atoms. The van der Waals surface area contributed by atoms with Gasteiger partial charge in [0.1, 0.15) is 5.41 Å². The molecule has 2 amide bonds. The molecule has 2 rings (SSSR count). The Morgan fingerprint density at radius 3 is 2.12 bits per heavy atom. The highest BCUT2D eigenvalue weighted by molar-refractivity contribution is 6.13. The average molecular weight is 331 g/mol. The summed E-state index contributed by atoms with van der Waals surface area (Å²) in [5, 5.41) is 5.78. The van der Waals surface area contributed by atoms with Gasteiger partial charge in [0.25, 0.3) is 0 Å². The molecule has 0 atom stereocenters. The van der Waals surface area contributed by atoms with E-state index in [0.717, 1.165) is 24.5 Å². The van der Waals surface area contributed by atoms with E-state index < -0.39 is 5.41 Å². The van der Waals surface area contributed by atoms with E-state index in [-0.39, 0.29) is 11.8 Å². The maximum absolute atomic E-state index is 12.5. The molecule has 1 saturated carbocycles. The zero-order valence-corrected chi connectivity index (χ0v) is 15.2. The SMILES string of the molecule is CCN(CC)c1ccc(NC(=O)C2(C(=O)NCC(C)C)CC2)cc1. The fraction of sp³-hybridized carbons (Fsp3) is 0.579. The molecule has 0 bridgehead atoms. The molecule has 0 saturated heterocycles. The van der Waals surface area contributed by atoms with Crippen molar-refractivity contribution in [3.8, 4) is 0 Å². The van der Waals surface area contributed by atoms with Gasteiger partial charge in [-0.2, -0.15) is 0 Å². The van der Waals surface area contributed by atoms with E-state index in [9.17, 15) is 9.59 Å². The van der Waals surface area contributed by atoms with Crippen LogP contribution in [-0.4, -0.2) is 31.4 Å². The van der Waals surface area contributed by atoms with Gasteiger partial charge in [0.05, 0.1) is 0 Å². The predicted octanol–water partition coefficient (Wildman–Crippen LogP) is 3.02. The molecule has 5 heteroatoms. The Morgan fingerprint density at radius 1 is 1.08 bits per heavy atom. The van der Waals surface area contributed by atoms with Crippen LogP contribution in [0.2, 0.25) is 0 Å². The van der Waals surface area contributed by atoms with Crippen molar-refractivity contribution in [2.45, 2.75) is 40.5 Å². The third-order valence-electron chi connectivity index (χ3n) is 4.54. The van der Waals surface area contributed by atoms with E-state index >= 15 is 0 Å². The number of nitrogens with one attached hydrogen (secondary N) is 2. The van der Waals surface area contributed by atoms with E-state index in [1.165, 1.54) is 0 Å². The van der Waals surface area contributed by atoms with Crippen LogP contribution in [0.4, 0.5) is 11.4 Å². The van der Waals surface area contributed by atoms with Crippen molar-refractivity contribution in [3.63, 3.8) is 0 Å². The van der Waals surface area contributed by atoms with Gasteiger partial charge in [0, 0.05) is 31.0 Å². The first-order valence-electron chi connectivity index (χ1n) is 8.87. The van der Waals surface area contributed by atoms with Gasteiger partial charge in [0.2, 0.25) is 11.8 Å². The molecule has 0 radical (unpaired) electrons. The Labute approximate surface area is 144 Å². The lowest BCUT2D eigenvalue weighted by Crippen LogP contribution is -2.41. The predicted molar refractivity (Wildman–Crippen MR) is 98.1 cm³/mol. The Hall–Kier alpha value is -2.04. The highest BCUT2D eigenvalue weighted by atomic mass is 16.2. The molecular formula is C19H29N3O2. The summed E-state index contributed by atoms with van der Waals surface area (Å²) < 4.78 is 0. The number of benzene rings is 1. The van der Waals surface area contributed by atoms with Crippen LogP contribution in [0, 0.1) is 11.3 Å². The standard InChI is InChI=1S/C19H29N3O2/c1-5-22(6-2)16-9-7-15(8-10-16)21-18(24)19(11-12-19)17(23)20-13-14(3)4/h7-10,14H,5-6,11-13H2,1-4H3,(H,20,23)(H,21,24). The Balaban J connectivity index is 1.98. The topological polar surface area (TPSA) is 61.4 Å². The van der Waals surface area contributed by atoms with Crippen LogP contribution >= 0.6 is 0 Å². The quantitative estimate of drug-likeness (QED) is 0.720. The molecular weight excluding hydrogens is 302 g/mol. The normalized spacial score (nSPS) is 15.0. The van der Waals surface area contributed by atoms with Gasteiger partial charge in [-0.1, -0.05) is 13.8 Å². The average Bonchev–Trinajstić information content (AvgIpc) is 3.37. The Kier molecular flexibility index (Phi) is 5.86. The molecule has 5 nitrogen and oxygen atoms in total. The van der Waals surface area contributed by atoms with Crippen LogP contribution in [0.5, 0.6) is 0 Å². The van der Waals surface area contributed by atoms with Crippen molar-refractivity contribution < 1.29 is 9.59 Å². The minimum atomic E-state index is -0.869. The molecule has 0 unspecified atom stereocenters. The summed E-state index contributed by atoms with van der Waals surface area (Å²) in [6.07, 6.45) is 1.25. The van der Waals surface area contributed by atoms with E-state index in [1.807, 2.05) is 38.1 Å². The second-order valence-corrected chi connectivity index (χ2v) is 6.86. The van der Waals surface area contributed by atoms with Crippen molar-refractivity contribution >= 4 is 23.2 Å². The molecule has 1 fully saturated rings. The summed E-state index contributed by atoms with van der Waals surface area (Å²) in [6.45, 7) is 10.8. The van der Waals surface area contributed by atoms with Crippen molar-refractivity contribution in [1.82, 2.24) is 5.32 Å². The summed E-state index contributed by atoms with van der Waals surface area (Å²) in [4.78, 5) is 27.1. The van der Waals surface area contributed by atoms with Crippen LogP contribution < -0.4 is 15.5 Å². The van der Waals surface area contributed by atoms with Crippen LogP contribution in [-0.2, 0) is 9.59 Å². The highest BCUT2D eigenvalue weighted by Crippen LogP contribution is 2.46. The lowest BCUT2D eigenvalue weighted by atomic mass is 10.0. The summed E-state index contributed by atoms with van der Waals surface area (Å²) in [5.41, 5.74) is 1.000. The van der Waals surface area contributed by atoms with E-state index in [1.54, 1.807) is 0 Å². The van der Waals surface area contributed by atoms with E-state index in [2.05, 4.69) is 29.4 Å². The first-order chi connectivity index (χ1) is 11.4. The second-order valence-electron chi connectivity index (χ2n) is 6.86. The number of anilines is 2. The van der Waals surface area contributed by atoms with E-state index in [4.69, 9.17) is 0 Å². The Bertz CT molecular complexity index is 573. The first-order valence-corrected chi connectivity index (χ1v) is 8.87. The van der Waals surface area contributed by atoms with Crippen molar-refractivity contribution in [2.24, 2.45) is 11.3 Å². The van der Waals surface area contributed by atoms with Gasteiger partial charge < -0.3 is 15.5 Å². The van der Waals surface area contributed by atoms with Crippen LogP contribution in [0.15, 0.2) is 24.3 Å². The minimum Gasteiger partial charge on any atom is -0.372 e. The molecule has 1 aliphatic rings. The van der Waals surface area contributed by atoms with Gasteiger partial charge in [-0.15, -0.1) is 0 Å². The van der Waals surface area contributed by atoms with Gasteiger partial charge in [-0.05, 0) is 56.9 Å². The van der Waals surface area contributed by atoms with Gasteiger partial charge in [0.15, 0.2) is 0 Å². The van der Waals surface area contributed by atoms with Gasteiger partial charge >= 0.3 is 0 Å². The number of hydrogen-bond donors (Lipinski definition) is 2. The second kappa shape index (κ2) is 7.69.